The summed E-state index contributed by atoms with van der Waals surface area (Å²) in [6.45, 7) is 3.55. The Kier molecular flexibility index (Phi) is 4.44. The number of hydrogen-bond acceptors (Lipinski definition) is 3. The Labute approximate surface area is 101 Å². The van der Waals surface area contributed by atoms with E-state index < -0.39 is 0 Å². The van der Waals surface area contributed by atoms with Crippen molar-refractivity contribution in [1.82, 2.24) is 9.88 Å². The second-order valence-electron chi connectivity index (χ2n) is 4.47. The van der Waals surface area contributed by atoms with E-state index in [2.05, 4.69) is 11.9 Å². The lowest BCUT2D eigenvalue weighted by Crippen LogP contribution is -2.52. The van der Waals surface area contributed by atoms with Crippen LogP contribution < -0.4 is 0 Å². The summed E-state index contributed by atoms with van der Waals surface area (Å²) in [6, 6.07) is 0.136. The van der Waals surface area contributed by atoms with Gasteiger partial charge >= 0.3 is 6.03 Å². The maximum absolute atomic E-state index is 12.2. The highest BCUT2D eigenvalue weighted by molar-refractivity contribution is 7.09. The Bertz CT molecular complexity index is 335. The van der Waals surface area contributed by atoms with Crippen LogP contribution in [-0.2, 0) is 6.54 Å². The van der Waals surface area contributed by atoms with Crippen molar-refractivity contribution in [1.29, 1.82) is 0 Å². The van der Waals surface area contributed by atoms with Crippen LogP contribution in [0.2, 0.25) is 0 Å². The molecule has 0 fully saturated rings. The lowest BCUT2D eigenvalue weighted by molar-refractivity contribution is -0.812. The van der Waals surface area contributed by atoms with Gasteiger partial charge in [-0.2, -0.15) is 0 Å². The SMILES string of the molecule is CCC[N+](C)(C)C(=O)N(C)Cc1nccs1. The highest BCUT2D eigenvalue weighted by atomic mass is 32.1. The van der Waals surface area contributed by atoms with Gasteiger partial charge in [0, 0.05) is 18.6 Å². The van der Waals surface area contributed by atoms with E-state index in [0.717, 1.165) is 18.0 Å². The molecule has 0 bridgehead atoms. The molecule has 1 aromatic heterocycles. The van der Waals surface area contributed by atoms with E-state index in [-0.39, 0.29) is 6.03 Å². The fourth-order valence-corrected chi connectivity index (χ4v) is 2.39. The largest absolute Gasteiger partial charge is 0.418 e. The third-order valence-electron chi connectivity index (χ3n) is 2.48. The number of carbonyl (C=O) groups excluding carboxylic acids is 1. The van der Waals surface area contributed by atoms with Crippen molar-refractivity contribution < 1.29 is 9.28 Å². The van der Waals surface area contributed by atoms with Crippen LogP contribution in [0.1, 0.15) is 18.4 Å². The molecule has 0 aliphatic heterocycles. The molecule has 0 spiro atoms. The molecule has 1 aromatic rings. The van der Waals surface area contributed by atoms with Gasteiger partial charge in [0.25, 0.3) is 0 Å². The summed E-state index contributed by atoms with van der Waals surface area (Å²) in [5, 5.41) is 2.91. The fraction of sp³-hybridized carbons (Fsp3) is 0.636. The molecule has 0 aliphatic rings. The molecule has 0 unspecified atom stereocenters. The van der Waals surface area contributed by atoms with Gasteiger partial charge in [-0.15, -0.1) is 11.3 Å². The van der Waals surface area contributed by atoms with Crippen molar-refractivity contribution in [3.8, 4) is 0 Å². The van der Waals surface area contributed by atoms with Crippen LogP contribution in [0.25, 0.3) is 0 Å². The van der Waals surface area contributed by atoms with Crippen molar-refractivity contribution in [2.75, 3.05) is 27.7 Å². The summed E-state index contributed by atoms with van der Waals surface area (Å²) in [6.07, 6.45) is 2.77. The van der Waals surface area contributed by atoms with Gasteiger partial charge in [-0.1, -0.05) is 6.92 Å². The van der Waals surface area contributed by atoms with Crippen molar-refractivity contribution >= 4 is 17.4 Å². The molecule has 1 rings (SSSR count). The van der Waals surface area contributed by atoms with Gasteiger partial charge in [0.05, 0.1) is 27.2 Å². The molecule has 16 heavy (non-hydrogen) atoms. The monoisotopic (exact) mass is 242 g/mol. The first kappa shape index (κ1) is 13.1. The number of carbonyl (C=O) groups is 1. The molecule has 0 aromatic carbocycles. The van der Waals surface area contributed by atoms with Gasteiger partial charge in [-0.25, -0.2) is 14.3 Å². The zero-order chi connectivity index (χ0) is 12.2. The maximum atomic E-state index is 12.2. The topological polar surface area (TPSA) is 33.2 Å². The van der Waals surface area contributed by atoms with Crippen molar-refractivity contribution in [3.05, 3.63) is 16.6 Å². The standard InChI is InChI=1S/C11H20N3OS/c1-5-7-14(3,4)11(15)13(2)9-10-12-6-8-16-10/h6,8H,5,7,9H2,1-4H3/q+1. The quantitative estimate of drug-likeness (QED) is 0.758. The highest BCUT2D eigenvalue weighted by Gasteiger charge is 2.29. The van der Waals surface area contributed by atoms with E-state index in [4.69, 9.17) is 0 Å². The van der Waals surface area contributed by atoms with Crippen LogP contribution in [0.15, 0.2) is 11.6 Å². The molecule has 2 amide bonds. The van der Waals surface area contributed by atoms with E-state index in [0.29, 0.717) is 11.0 Å². The van der Waals surface area contributed by atoms with E-state index >= 15 is 0 Å². The van der Waals surface area contributed by atoms with Crippen LogP contribution in [0.3, 0.4) is 0 Å². The minimum absolute atomic E-state index is 0.136. The zero-order valence-corrected chi connectivity index (χ0v) is 11.3. The van der Waals surface area contributed by atoms with Crippen molar-refractivity contribution in [3.63, 3.8) is 0 Å². The second-order valence-corrected chi connectivity index (χ2v) is 5.45. The normalized spacial score (nSPS) is 11.5. The smallest absolute Gasteiger partial charge is 0.289 e. The first-order valence-corrected chi connectivity index (χ1v) is 6.32. The predicted molar refractivity (Wildman–Crippen MR) is 66.2 cm³/mol. The van der Waals surface area contributed by atoms with Gasteiger partial charge < -0.3 is 0 Å². The molecule has 0 saturated heterocycles. The molecule has 0 saturated carbocycles. The second kappa shape index (κ2) is 5.41. The molecule has 0 N–H and O–H groups in total. The Morgan fingerprint density at radius 1 is 1.56 bits per heavy atom. The number of amides is 2. The zero-order valence-electron chi connectivity index (χ0n) is 10.4. The molecule has 5 heteroatoms. The number of quaternary nitrogens is 1. The lowest BCUT2D eigenvalue weighted by Gasteiger charge is -2.30. The van der Waals surface area contributed by atoms with Crippen LogP contribution in [0.5, 0.6) is 0 Å². The number of urea groups is 1. The van der Waals surface area contributed by atoms with Crippen molar-refractivity contribution in [2.45, 2.75) is 19.9 Å². The summed E-state index contributed by atoms with van der Waals surface area (Å²) in [7, 11) is 5.73. The molecular weight excluding hydrogens is 222 g/mol. The van der Waals surface area contributed by atoms with E-state index in [1.165, 1.54) is 0 Å². The van der Waals surface area contributed by atoms with Crippen LogP contribution in [0.4, 0.5) is 4.79 Å². The van der Waals surface area contributed by atoms with Gasteiger partial charge in [0.1, 0.15) is 5.01 Å². The number of aromatic nitrogens is 1. The molecule has 0 atom stereocenters. The summed E-state index contributed by atoms with van der Waals surface area (Å²) in [5.41, 5.74) is 0. The summed E-state index contributed by atoms with van der Waals surface area (Å²) >= 11 is 1.58. The minimum Gasteiger partial charge on any atom is -0.289 e. The summed E-state index contributed by atoms with van der Waals surface area (Å²) < 4.78 is 0.401. The Morgan fingerprint density at radius 2 is 2.25 bits per heavy atom. The van der Waals surface area contributed by atoms with E-state index in [1.807, 2.05) is 26.5 Å². The molecule has 0 radical (unpaired) electrons. The third-order valence-corrected chi connectivity index (χ3v) is 3.25. The van der Waals surface area contributed by atoms with Gasteiger partial charge in [-0.3, -0.25) is 4.90 Å². The molecule has 0 aliphatic carbocycles. The Balaban J connectivity index is 2.60. The Hall–Kier alpha value is -0.940. The average Bonchev–Trinajstić information content (AvgIpc) is 2.69. The molecular formula is C11H20N3OS+. The first-order valence-electron chi connectivity index (χ1n) is 5.44. The number of hydrogen-bond donors (Lipinski definition) is 0. The van der Waals surface area contributed by atoms with Gasteiger partial charge in [0.15, 0.2) is 0 Å². The maximum Gasteiger partial charge on any atom is 0.418 e. The lowest BCUT2D eigenvalue weighted by atomic mass is 10.4. The first-order chi connectivity index (χ1) is 7.47. The Morgan fingerprint density at radius 3 is 2.75 bits per heavy atom. The van der Waals surface area contributed by atoms with Crippen LogP contribution in [-0.4, -0.2) is 48.1 Å². The summed E-state index contributed by atoms with van der Waals surface area (Å²) in [5.74, 6) is 0. The average molecular weight is 242 g/mol. The fourth-order valence-electron chi connectivity index (χ4n) is 1.72. The number of thiazole rings is 1. The predicted octanol–water partition coefficient (Wildman–Crippen LogP) is 2.18. The highest BCUT2D eigenvalue weighted by Crippen LogP contribution is 2.11. The number of rotatable bonds is 4. The minimum atomic E-state index is 0.136. The van der Waals surface area contributed by atoms with Crippen LogP contribution in [0, 0.1) is 0 Å². The van der Waals surface area contributed by atoms with Crippen LogP contribution >= 0.6 is 11.3 Å². The van der Waals surface area contributed by atoms with Gasteiger partial charge in [-0.05, 0) is 6.42 Å². The third kappa shape index (κ3) is 3.28. The van der Waals surface area contributed by atoms with E-state index in [1.54, 1.807) is 22.4 Å². The molecule has 90 valence electrons. The van der Waals surface area contributed by atoms with E-state index in [9.17, 15) is 4.79 Å². The summed E-state index contributed by atoms with van der Waals surface area (Å²) in [4.78, 5) is 18.1. The molecule has 4 nitrogen and oxygen atoms in total. The number of nitrogens with zero attached hydrogens (tertiary/aromatic N) is 3. The van der Waals surface area contributed by atoms with Crippen molar-refractivity contribution in [2.24, 2.45) is 0 Å². The van der Waals surface area contributed by atoms with Gasteiger partial charge in [0.2, 0.25) is 0 Å². The molecule has 1 heterocycles.